The normalized spacial score (nSPS) is 19.0. The predicted octanol–water partition coefficient (Wildman–Crippen LogP) is 6.20. The maximum absolute atomic E-state index is 13.8. The second-order valence-electron chi connectivity index (χ2n) is 10.1. The average molecular weight is 604 g/mol. The van der Waals surface area contributed by atoms with Crippen molar-refractivity contribution in [3.8, 4) is 10.6 Å². The molecule has 2 saturated heterocycles. The van der Waals surface area contributed by atoms with E-state index in [1.54, 1.807) is 33.7 Å². The summed E-state index contributed by atoms with van der Waals surface area (Å²) in [7, 11) is 0. The van der Waals surface area contributed by atoms with Gasteiger partial charge in [-0.3, -0.25) is 9.36 Å². The molecule has 2 aliphatic heterocycles. The number of thiazole rings is 1. The monoisotopic (exact) mass is 603 g/mol. The van der Waals surface area contributed by atoms with Crippen molar-refractivity contribution in [1.82, 2.24) is 19.4 Å². The van der Waals surface area contributed by atoms with E-state index in [2.05, 4.69) is 10.3 Å². The molecule has 0 unspecified atom stereocenters. The Balaban J connectivity index is 1.44. The molecule has 1 amide bonds. The molecule has 4 heterocycles. The number of alkyl halides is 3. The second kappa shape index (κ2) is 10.6. The highest BCUT2D eigenvalue weighted by Crippen LogP contribution is 2.40. The zero-order chi connectivity index (χ0) is 28.9. The van der Waals surface area contributed by atoms with Gasteiger partial charge in [0, 0.05) is 35.3 Å². The Kier molecular flexibility index (Phi) is 7.14. The smallest absolute Gasteiger partial charge is 0.427 e. The number of halogens is 4. The van der Waals surface area contributed by atoms with Crippen LogP contribution in [-0.2, 0) is 23.9 Å². The highest BCUT2D eigenvalue weighted by Gasteiger charge is 2.38. The number of cyclic esters (lactones) is 1. The van der Waals surface area contributed by atoms with Gasteiger partial charge in [-0.2, -0.15) is 13.2 Å². The van der Waals surface area contributed by atoms with E-state index < -0.39 is 11.1 Å². The number of nitrogens with zero attached hydrogens (tertiary/aromatic N) is 4. The molecule has 41 heavy (non-hydrogen) atoms. The van der Waals surface area contributed by atoms with Gasteiger partial charge >= 0.3 is 12.3 Å². The minimum absolute atomic E-state index is 0.0836. The summed E-state index contributed by atoms with van der Waals surface area (Å²) in [5, 5.41) is 4.55. The fourth-order valence-electron chi connectivity index (χ4n) is 5.40. The number of nitrogens with one attached hydrogen (secondary N) is 1. The topological polar surface area (TPSA) is 89.4 Å². The molecule has 13 heteroatoms. The molecule has 2 aromatic carbocycles. The van der Waals surface area contributed by atoms with Crippen molar-refractivity contribution in [2.24, 2.45) is 0 Å². The van der Waals surface area contributed by atoms with Crippen LogP contribution >= 0.6 is 22.9 Å². The van der Waals surface area contributed by atoms with Crippen LogP contribution in [0.1, 0.15) is 36.0 Å². The summed E-state index contributed by atoms with van der Waals surface area (Å²) in [6.45, 7) is 2.97. The number of hydrogen-bond donors (Lipinski definition) is 1. The molecule has 2 atom stereocenters. The largest absolute Gasteiger partial charge is 0.447 e. The molecule has 4 aromatic rings. The second-order valence-corrected chi connectivity index (χ2v) is 11.6. The lowest BCUT2D eigenvalue weighted by Gasteiger charge is -2.33. The molecule has 0 bridgehead atoms. The summed E-state index contributed by atoms with van der Waals surface area (Å²) >= 11 is 6.57. The molecule has 2 aliphatic rings. The summed E-state index contributed by atoms with van der Waals surface area (Å²) in [5.74, 6) is 0.553. The third kappa shape index (κ3) is 5.38. The van der Waals surface area contributed by atoms with Gasteiger partial charge in [0.1, 0.15) is 22.3 Å². The molecule has 0 spiro atoms. The zero-order valence-corrected chi connectivity index (χ0v) is 23.4. The molecular weight excluding hydrogens is 579 g/mol. The van der Waals surface area contributed by atoms with Crippen molar-refractivity contribution in [1.29, 1.82) is 0 Å². The average Bonchev–Trinajstić information content (AvgIpc) is 3.59. The molecule has 6 rings (SSSR count). The van der Waals surface area contributed by atoms with E-state index in [1.165, 1.54) is 0 Å². The number of hydrogen-bond acceptors (Lipinski definition) is 7. The highest BCUT2D eigenvalue weighted by molar-refractivity contribution is 7.15. The van der Waals surface area contributed by atoms with E-state index in [1.807, 2.05) is 19.1 Å². The standard InChI is InChI=1S/C28H25ClF3N5O3S/c1-2-24-35-22-10-19(25-33-12-23(41-25)28(30,31)32)21(34-17-7-8-36-18(9-17)14-40-27(36)39)11-20(22)26(38)37(24)13-15-3-5-16(29)6-4-15/h3-6,10-12,17-18,34H,2,7-9,13-14H2,1H3/t17-,18-/m0/s1. The van der Waals surface area contributed by atoms with Gasteiger partial charge in [0.05, 0.1) is 29.7 Å². The van der Waals surface area contributed by atoms with E-state index in [4.69, 9.17) is 21.3 Å². The number of aromatic nitrogens is 3. The number of ether oxygens (including phenoxy) is 1. The lowest BCUT2D eigenvalue weighted by Crippen LogP contribution is -2.45. The van der Waals surface area contributed by atoms with Crippen LogP contribution in [0.5, 0.6) is 0 Å². The Morgan fingerprint density at radius 1 is 1.20 bits per heavy atom. The number of benzene rings is 2. The molecular formula is C28H25ClF3N5O3S. The molecule has 2 fully saturated rings. The van der Waals surface area contributed by atoms with Crippen LogP contribution < -0.4 is 10.9 Å². The Morgan fingerprint density at radius 3 is 2.68 bits per heavy atom. The summed E-state index contributed by atoms with van der Waals surface area (Å²) < 4.78 is 47.1. The van der Waals surface area contributed by atoms with Gasteiger partial charge in [0.2, 0.25) is 0 Å². The third-order valence-corrected chi connectivity index (χ3v) is 8.79. The Labute approximate surface area is 241 Å². The molecule has 214 valence electrons. The number of piperidine rings is 1. The summed E-state index contributed by atoms with van der Waals surface area (Å²) in [4.78, 5) is 35.5. The number of rotatable bonds is 6. The van der Waals surface area contributed by atoms with Gasteiger partial charge < -0.3 is 15.0 Å². The van der Waals surface area contributed by atoms with Gasteiger partial charge in [-0.25, -0.2) is 14.8 Å². The lowest BCUT2D eigenvalue weighted by molar-refractivity contribution is -0.134. The Bertz CT molecular complexity index is 1690. The molecule has 1 N–H and O–H groups in total. The Hall–Kier alpha value is -3.64. The number of fused-ring (bicyclic) bond motifs is 2. The van der Waals surface area contributed by atoms with Crippen molar-refractivity contribution in [3.05, 3.63) is 74.2 Å². The van der Waals surface area contributed by atoms with Crippen LogP contribution in [0.3, 0.4) is 0 Å². The third-order valence-electron chi connectivity index (χ3n) is 7.47. The first-order valence-corrected chi connectivity index (χ1v) is 14.4. The SMILES string of the molecule is CCc1nc2cc(-c3ncc(C(F)(F)F)s3)c(N[C@H]3CCN4C(=O)OC[C@@H]4C3)cc2c(=O)n1Cc1ccc(Cl)cc1. The van der Waals surface area contributed by atoms with Crippen LogP contribution in [0.15, 0.2) is 47.4 Å². The number of anilines is 1. The molecule has 0 aliphatic carbocycles. The van der Waals surface area contributed by atoms with E-state index in [0.29, 0.717) is 83.3 Å². The molecule has 2 aromatic heterocycles. The van der Waals surface area contributed by atoms with E-state index in [9.17, 15) is 22.8 Å². The highest BCUT2D eigenvalue weighted by atomic mass is 35.5. The first kappa shape index (κ1) is 27.5. The lowest BCUT2D eigenvalue weighted by atomic mass is 9.97. The van der Waals surface area contributed by atoms with Gasteiger partial charge in [-0.05, 0) is 42.7 Å². The van der Waals surface area contributed by atoms with E-state index >= 15 is 0 Å². The quantitative estimate of drug-likeness (QED) is 0.282. The van der Waals surface area contributed by atoms with Crippen molar-refractivity contribution in [2.45, 2.75) is 51.0 Å². The van der Waals surface area contributed by atoms with Gasteiger partial charge in [-0.1, -0.05) is 30.7 Å². The molecule has 8 nitrogen and oxygen atoms in total. The Morgan fingerprint density at radius 2 is 1.98 bits per heavy atom. The number of amides is 1. The number of carbonyl (C=O) groups excluding carboxylic acids is 1. The predicted molar refractivity (Wildman–Crippen MR) is 151 cm³/mol. The summed E-state index contributed by atoms with van der Waals surface area (Å²) in [6, 6.07) is 10.3. The fraction of sp³-hybridized carbons (Fsp3) is 0.357. The number of aryl methyl sites for hydroxylation is 1. The molecule has 0 radical (unpaired) electrons. The van der Waals surface area contributed by atoms with Crippen LogP contribution in [0, 0.1) is 0 Å². The molecule has 0 saturated carbocycles. The first-order valence-electron chi connectivity index (χ1n) is 13.2. The van der Waals surface area contributed by atoms with Crippen LogP contribution in [-0.4, -0.2) is 50.8 Å². The first-order chi connectivity index (χ1) is 19.6. The van der Waals surface area contributed by atoms with Crippen molar-refractivity contribution < 1.29 is 22.7 Å². The maximum Gasteiger partial charge on any atom is 0.427 e. The number of carbonyl (C=O) groups is 1. The van der Waals surface area contributed by atoms with Crippen molar-refractivity contribution in [3.63, 3.8) is 0 Å². The zero-order valence-electron chi connectivity index (χ0n) is 21.9. The fourth-order valence-corrected chi connectivity index (χ4v) is 6.34. The van der Waals surface area contributed by atoms with Gasteiger partial charge in [-0.15, -0.1) is 11.3 Å². The van der Waals surface area contributed by atoms with Crippen LogP contribution in [0.4, 0.5) is 23.7 Å². The van der Waals surface area contributed by atoms with Gasteiger partial charge in [0.15, 0.2) is 0 Å². The van der Waals surface area contributed by atoms with Crippen molar-refractivity contribution in [2.75, 3.05) is 18.5 Å². The maximum atomic E-state index is 13.8. The minimum Gasteiger partial charge on any atom is -0.447 e. The minimum atomic E-state index is -4.52. The van der Waals surface area contributed by atoms with Crippen LogP contribution in [0.2, 0.25) is 5.02 Å². The van der Waals surface area contributed by atoms with Crippen LogP contribution in [0.25, 0.3) is 21.5 Å². The van der Waals surface area contributed by atoms with E-state index in [-0.39, 0.29) is 28.7 Å². The van der Waals surface area contributed by atoms with Gasteiger partial charge in [0.25, 0.3) is 5.56 Å². The summed E-state index contributed by atoms with van der Waals surface area (Å²) in [5.41, 5.74) is 1.93. The van der Waals surface area contributed by atoms with Crippen molar-refractivity contribution >= 4 is 45.6 Å². The van der Waals surface area contributed by atoms with E-state index in [0.717, 1.165) is 11.8 Å². The summed E-state index contributed by atoms with van der Waals surface area (Å²) in [6.07, 6.45) is -2.34.